The third-order valence-electron chi connectivity index (χ3n) is 1.51. The van der Waals surface area contributed by atoms with E-state index in [-0.39, 0.29) is 5.69 Å². The lowest BCUT2D eigenvalue weighted by Gasteiger charge is -1.99. The minimum absolute atomic E-state index is 0.275. The molecule has 1 aromatic rings. The van der Waals surface area contributed by atoms with Crippen LogP contribution in [0.1, 0.15) is 5.56 Å². The SMILES string of the molecule is Cc1c(F)cc([N+](=O)[O-])cc1S. The molecule has 0 radical (unpaired) electrons. The zero-order valence-electron chi connectivity index (χ0n) is 6.24. The number of hydrogen-bond donors (Lipinski definition) is 1. The first-order valence-corrected chi connectivity index (χ1v) is 3.60. The Morgan fingerprint density at radius 3 is 2.58 bits per heavy atom. The number of hydrogen-bond acceptors (Lipinski definition) is 3. The molecular weight excluding hydrogens is 181 g/mol. The van der Waals surface area contributed by atoms with Gasteiger partial charge in [0, 0.05) is 11.0 Å². The molecule has 0 bridgehead atoms. The van der Waals surface area contributed by atoms with E-state index in [2.05, 4.69) is 12.6 Å². The first-order valence-electron chi connectivity index (χ1n) is 3.16. The van der Waals surface area contributed by atoms with Crippen molar-refractivity contribution in [3.63, 3.8) is 0 Å². The Kier molecular flexibility index (Phi) is 2.32. The van der Waals surface area contributed by atoms with Gasteiger partial charge in [-0.1, -0.05) is 0 Å². The molecule has 12 heavy (non-hydrogen) atoms. The highest BCUT2D eigenvalue weighted by Crippen LogP contribution is 2.23. The van der Waals surface area contributed by atoms with Crippen LogP contribution in [0.3, 0.4) is 0 Å². The molecule has 0 heterocycles. The van der Waals surface area contributed by atoms with Gasteiger partial charge in [-0.2, -0.15) is 0 Å². The topological polar surface area (TPSA) is 43.1 Å². The molecule has 0 atom stereocenters. The van der Waals surface area contributed by atoms with Crippen LogP contribution in [0, 0.1) is 22.9 Å². The summed E-state index contributed by atoms with van der Waals surface area (Å²) >= 11 is 3.89. The predicted octanol–water partition coefficient (Wildman–Crippen LogP) is 2.33. The largest absolute Gasteiger partial charge is 0.273 e. The van der Waals surface area contributed by atoms with Crippen molar-refractivity contribution in [1.29, 1.82) is 0 Å². The molecule has 0 saturated heterocycles. The Morgan fingerprint density at radius 1 is 1.58 bits per heavy atom. The normalized spacial score (nSPS) is 9.92. The van der Waals surface area contributed by atoms with Crippen molar-refractivity contribution in [3.8, 4) is 0 Å². The van der Waals surface area contributed by atoms with E-state index in [1.54, 1.807) is 0 Å². The van der Waals surface area contributed by atoms with Crippen molar-refractivity contribution in [1.82, 2.24) is 0 Å². The zero-order chi connectivity index (χ0) is 9.30. The Morgan fingerprint density at radius 2 is 2.17 bits per heavy atom. The van der Waals surface area contributed by atoms with Crippen LogP contribution in [0.2, 0.25) is 0 Å². The molecule has 3 nitrogen and oxygen atoms in total. The molecule has 0 fully saturated rings. The van der Waals surface area contributed by atoms with Gasteiger partial charge in [-0.15, -0.1) is 12.6 Å². The molecule has 0 unspecified atom stereocenters. The first-order chi connectivity index (χ1) is 5.52. The molecule has 0 aromatic heterocycles. The molecule has 5 heteroatoms. The van der Waals surface area contributed by atoms with Gasteiger partial charge in [0.2, 0.25) is 0 Å². The summed E-state index contributed by atoms with van der Waals surface area (Å²) in [6.07, 6.45) is 0. The molecule has 0 aliphatic rings. The van der Waals surface area contributed by atoms with Gasteiger partial charge < -0.3 is 0 Å². The molecule has 0 amide bonds. The van der Waals surface area contributed by atoms with E-state index in [4.69, 9.17) is 0 Å². The van der Waals surface area contributed by atoms with E-state index in [9.17, 15) is 14.5 Å². The monoisotopic (exact) mass is 187 g/mol. The minimum atomic E-state index is -0.651. The number of thiol groups is 1. The van der Waals surface area contributed by atoms with Gasteiger partial charge in [-0.25, -0.2) is 4.39 Å². The number of non-ortho nitro benzene ring substituents is 1. The Labute approximate surface area is 73.8 Å². The van der Waals surface area contributed by atoms with Crippen LogP contribution >= 0.6 is 12.6 Å². The van der Waals surface area contributed by atoms with E-state index in [0.717, 1.165) is 6.07 Å². The van der Waals surface area contributed by atoms with Gasteiger partial charge in [0.1, 0.15) is 5.82 Å². The average molecular weight is 187 g/mol. The Bertz CT molecular complexity index is 317. The summed E-state index contributed by atoms with van der Waals surface area (Å²) in [5.41, 5.74) is 0.0482. The van der Waals surface area contributed by atoms with E-state index in [0.29, 0.717) is 10.5 Å². The fourth-order valence-corrected chi connectivity index (χ4v) is 0.995. The van der Waals surface area contributed by atoms with E-state index in [1.807, 2.05) is 0 Å². The third kappa shape index (κ3) is 1.55. The molecule has 0 saturated carbocycles. The Hall–Kier alpha value is -1.10. The van der Waals surface area contributed by atoms with E-state index >= 15 is 0 Å². The minimum Gasteiger partial charge on any atom is -0.258 e. The van der Waals surface area contributed by atoms with Crippen molar-refractivity contribution in [3.05, 3.63) is 33.6 Å². The number of nitro benzene ring substituents is 1. The Balaban J connectivity index is 3.31. The van der Waals surface area contributed by atoms with Crippen LogP contribution in [0.15, 0.2) is 17.0 Å². The fourth-order valence-electron chi connectivity index (χ4n) is 0.756. The van der Waals surface area contributed by atoms with Gasteiger partial charge in [0.05, 0.1) is 11.0 Å². The van der Waals surface area contributed by atoms with Crippen molar-refractivity contribution in [2.45, 2.75) is 11.8 Å². The lowest BCUT2D eigenvalue weighted by Crippen LogP contribution is -1.92. The fraction of sp³-hybridized carbons (Fsp3) is 0.143. The molecule has 0 aliphatic carbocycles. The number of halogens is 1. The molecule has 1 aromatic carbocycles. The van der Waals surface area contributed by atoms with Crippen LogP contribution in [0.25, 0.3) is 0 Å². The number of nitro groups is 1. The quantitative estimate of drug-likeness (QED) is 0.416. The summed E-state index contributed by atoms with van der Waals surface area (Å²) in [7, 11) is 0. The standard InChI is InChI=1S/C7H6FNO2S/c1-4-6(8)2-5(9(10)11)3-7(4)12/h2-3,12H,1H3. The van der Waals surface area contributed by atoms with E-state index in [1.165, 1.54) is 13.0 Å². The maximum Gasteiger partial charge on any atom is 0.273 e. The van der Waals surface area contributed by atoms with Crippen LogP contribution in [0.5, 0.6) is 0 Å². The maximum absolute atomic E-state index is 12.8. The summed E-state index contributed by atoms with van der Waals surface area (Å²) in [5.74, 6) is -0.603. The summed E-state index contributed by atoms with van der Waals surface area (Å²) in [6.45, 7) is 1.52. The van der Waals surface area contributed by atoms with E-state index < -0.39 is 10.7 Å². The number of nitrogens with zero attached hydrogens (tertiary/aromatic N) is 1. The zero-order valence-corrected chi connectivity index (χ0v) is 7.14. The third-order valence-corrected chi connectivity index (χ3v) is 1.98. The van der Waals surface area contributed by atoms with Gasteiger partial charge in [0.25, 0.3) is 5.69 Å². The second kappa shape index (κ2) is 3.10. The van der Waals surface area contributed by atoms with Crippen molar-refractivity contribution < 1.29 is 9.31 Å². The second-order valence-corrected chi connectivity index (χ2v) is 2.81. The van der Waals surface area contributed by atoms with Crippen LogP contribution in [-0.2, 0) is 0 Å². The molecule has 0 spiro atoms. The molecule has 1 rings (SSSR count). The van der Waals surface area contributed by atoms with Gasteiger partial charge in [-0.05, 0) is 12.5 Å². The summed E-state index contributed by atoms with van der Waals surface area (Å²) in [6, 6.07) is 2.11. The highest BCUT2D eigenvalue weighted by Gasteiger charge is 2.11. The van der Waals surface area contributed by atoms with Crippen molar-refractivity contribution in [2.24, 2.45) is 0 Å². The lowest BCUT2D eigenvalue weighted by atomic mass is 10.2. The van der Waals surface area contributed by atoms with Gasteiger partial charge in [0.15, 0.2) is 0 Å². The summed E-state index contributed by atoms with van der Waals surface area (Å²) in [5, 5.41) is 10.2. The predicted molar refractivity (Wildman–Crippen MR) is 45.0 cm³/mol. The molecule has 0 N–H and O–H groups in total. The van der Waals surface area contributed by atoms with Crippen molar-refractivity contribution >= 4 is 18.3 Å². The molecular formula is C7H6FNO2S. The summed E-state index contributed by atoms with van der Waals surface area (Å²) in [4.78, 5) is 9.86. The summed E-state index contributed by atoms with van der Waals surface area (Å²) < 4.78 is 12.8. The van der Waals surface area contributed by atoms with Crippen LogP contribution < -0.4 is 0 Å². The van der Waals surface area contributed by atoms with Crippen LogP contribution in [0.4, 0.5) is 10.1 Å². The number of benzene rings is 1. The number of rotatable bonds is 1. The highest BCUT2D eigenvalue weighted by atomic mass is 32.1. The van der Waals surface area contributed by atoms with Crippen molar-refractivity contribution in [2.75, 3.05) is 0 Å². The molecule has 64 valence electrons. The average Bonchev–Trinajstić information content (AvgIpc) is 1.99. The highest BCUT2D eigenvalue weighted by molar-refractivity contribution is 7.80. The van der Waals surface area contributed by atoms with Gasteiger partial charge in [-0.3, -0.25) is 10.1 Å². The smallest absolute Gasteiger partial charge is 0.258 e. The van der Waals surface area contributed by atoms with Crippen LogP contribution in [-0.4, -0.2) is 4.92 Å². The first kappa shape index (κ1) is 8.99. The second-order valence-electron chi connectivity index (χ2n) is 2.33. The van der Waals surface area contributed by atoms with Gasteiger partial charge >= 0.3 is 0 Å². The maximum atomic E-state index is 12.8. The molecule has 0 aliphatic heterocycles. The lowest BCUT2D eigenvalue weighted by molar-refractivity contribution is -0.385.